The van der Waals surface area contributed by atoms with E-state index in [1.807, 2.05) is 30.3 Å². The third-order valence-corrected chi connectivity index (χ3v) is 4.64. The molecule has 3 N–H and O–H groups in total. The van der Waals surface area contributed by atoms with Crippen LogP contribution in [0.2, 0.25) is 0 Å². The highest BCUT2D eigenvalue weighted by Crippen LogP contribution is 2.28. The second-order valence-electron chi connectivity index (χ2n) is 5.61. The highest BCUT2D eigenvalue weighted by molar-refractivity contribution is 7.14. The van der Waals surface area contributed by atoms with Gasteiger partial charge in [-0.05, 0) is 5.56 Å². The van der Waals surface area contributed by atoms with Gasteiger partial charge in [0.2, 0.25) is 5.91 Å². The van der Waals surface area contributed by atoms with Crippen molar-refractivity contribution < 1.29 is 9.59 Å². The summed E-state index contributed by atoms with van der Waals surface area (Å²) in [6.45, 7) is 2.50. The van der Waals surface area contributed by atoms with Gasteiger partial charge in [0.25, 0.3) is 5.91 Å². The number of nitrogens with one attached hydrogen (secondary N) is 1. The molecule has 0 saturated carbocycles. The number of nitrogens with two attached hydrogens (primary N) is 1. The molecule has 2 amide bonds. The van der Waals surface area contributed by atoms with E-state index >= 15 is 0 Å². The molecule has 0 spiro atoms. The van der Waals surface area contributed by atoms with Crippen molar-refractivity contribution >= 4 is 53.1 Å². The average Bonchev–Trinajstić information content (AvgIpc) is 3.14. The minimum Gasteiger partial charge on any atom is -0.335 e. The Kier molecular flexibility index (Phi) is 7.82. The van der Waals surface area contributed by atoms with E-state index in [-0.39, 0.29) is 48.6 Å². The summed E-state index contributed by atoms with van der Waals surface area (Å²) in [5.74, 6) is -0.217. The lowest BCUT2D eigenvalue weighted by Crippen LogP contribution is -2.32. The Morgan fingerprint density at radius 3 is 2.56 bits per heavy atom. The fourth-order valence-corrected chi connectivity index (χ4v) is 3.52. The lowest BCUT2D eigenvalue weighted by atomic mass is 9.95. The lowest BCUT2D eigenvalue weighted by molar-refractivity contribution is -0.114. The molecule has 1 aromatic carbocycles. The van der Waals surface area contributed by atoms with E-state index in [1.54, 1.807) is 10.3 Å². The predicted molar refractivity (Wildman–Crippen MR) is 104 cm³/mol. The van der Waals surface area contributed by atoms with Crippen LogP contribution in [0.25, 0.3) is 0 Å². The first-order valence-electron chi connectivity index (χ1n) is 7.37. The summed E-state index contributed by atoms with van der Waals surface area (Å²) in [7, 11) is 0. The van der Waals surface area contributed by atoms with Crippen LogP contribution in [-0.2, 0) is 4.79 Å². The van der Waals surface area contributed by atoms with E-state index in [0.717, 1.165) is 5.56 Å². The van der Waals surface area contributed by atoms with Crippen LogP contribution in [0.1, 0.15) is 28.9 Å². The van der Waals surface area contributed by atoms with Crippen LogP contribution < -0.4 is 11.1 Å². The number of thiazole rings is 1. The number of aromatic nitrogens is 1. The Morgan fingerprint density at radius 2 is 1.92 bits per heavy atom. The number of rotatable bonds is 3. The summed E-state index contributed by atoms with van der Waals surface area (Å²) >= 11 is 1.24. The van der Waals surface area contributed by atoms with E-state index in [0.29, 0.717) is 23.9 Å². The molecule has 136 valence electrons. The highest BCUT2D eigenvalue weighted by atomic mass is 35.5. The molecule has 1 aliphatic heterocycles. The summed E-state index contributed by atoms with van der Waals surface area (Å²) < 4.78 is 0. The van der Waals surface area contributed by atoms with Gasteiger partial charge in [-0.25, -0.2) is 4.98 Å². The van der Waals surface area contributed by atoms with Crippen molar-refractivity contribution in [2.75, 3.05) is 18.4 Å². The first-order valence-corrected chi connectivity index (χ1v) is 8.25. The number of anilines is 1. The van der Waals surface area contributed by atoms with Gasteiger partial charge in [0.15, 0.2) is 5.13 Å². The van der Waals surface area contributed by atoms with Crippen LogP contribution in [0, 0.1) is 0 Å². The van der Waals surface area contributed by atoms with Gasteiger partial charge in [0, 0.05) is 37.4 Å². The fourth-order valence-electron chi connectivity index (χ4n) is 2.79. The second kappa shape index (κ2) is 9.15. The summed E-state index contributed by atoms with van der Waals surface area (Å²) in [6.07, 6.45) is 0. The molecule has 1 aromatic heterocycles. The number of likely N-dealkylation sites (tertiary alicyclic amines) is 1. The van der Waals surface area contributed by atoms with Crippen molar-refractivity contribution in [2.24, 2.45) is 5.73 Å². The predicted octanol–water partition coefficient (Wildman–Crippen LogP) is 2.51. The van der Waals surface area contributed by atoms with Gasteiger partial charge in [-0.2, -0.15) is 0 Å². The fraction of sp³-hybridized carbons (Fsp3) is 0.312. The molecule has 0 aliphatic carbocycles. The van der Waals surface area contributed by atoms with E-state index < -0.39 is 0 Å². The molecule has 2 atom stereocenters. The molecule has 0 unspecified atom stereocenters. The maximum absolute atomic E-state index is 12.6. The van der Waals surface area contributed by atoms with Gasteiger partial charge in [-0.15, -0.1) is 36.2 Å². The average molecular weight is 403 g/mol. The molecule has 2 heterocycles. The summed E-state index contributed by atoms with van der Waals surface area (Å²) in [5.41, 5.74) is 7.71. The number of carbonyl (C=O) groups is 2. The summed E-state index contributed by atoms with van der Waals surface area (Å²) in [5, 5.41) is 4.68. The standard InChI is InChI=1S/C16H18N4O2S.2ClH/c1-10(21)18-16-19-14(9-23-16)15(22)20-7-12(13(17)8-20)11-5-3-2-4-6-11;;/h2-6,9,12-13H,7-8,17H2,1H3,(H,18,19,21);2*1H/t12-,13+;;/m0../s1. The molecule has 3 rings (SSSR count). The van der Waals surface area contributed by atoms with Crippen molar-refractivity contribution in [2.45, 2.75) is 18.9 Å². The Hall–Kier alpha value is -1.67. The normalized spacial score (nSPS) is 18.9. The minimum atomic E-state index is -0.203. The number of hydrogen-bond acceptors (Lipinski definition) is 5. The number of amides is 2. The molecule has 2 aromatic rings. The number of hydrogen-bond donors (Lipinski definition) is 2. The van der Waals surface area contributed by atoms with E-state index in [1.165, 1.54) is 18.3 Å². The Balaban J connectivity index is 0.00000156. The quantitative estimate of drug-likeness (QED) is 0.825. The van der Waals surface area contributed by atoms with Crippen LogP contribution in [0.4, 0.5) is 5.13 Å². The van der Waals surface area contributed by atoms with Crippen LogP contribution in [0.15, 0.2) is 35.7 Å². The highest BCUT2D eigenvalue weighted by Gasteiger charge is 2.34. The van der Waals surface area contributed by atoms with Gasteiger partial charge in [-0.3, -0.25) is 9.59 Å². The van der Waals surface area contributed by atoms with Crippen LogP contribution in [-0.4, -0.2) is 40.8 Å². The maximum Gasteiger partial charge on any atom is 0.273 e. The number of halogens is 2. The Bertz CT molecular complexity index is 726. The van der Waals surface area contributed by atoms with Crippen molar-refractivity contribution in [1.29, 1.82) is 0 Å². The largest absolute Gasteiger partial charge is 0.335 e. The van der Waals surface area contributed by atoms with Gasteiger partial charge in [-0.1, -0.05) is 30.3 Å². The number of nitrogens with zero attached hydrogens (tertiary/aromatic N) is 2. The van der Waals surface area contributed by atoms with Crippen molar-refractivity contribution in [3.63, 3.8) is 0 Å². The third kappa shape index (κ3) is 4.92. The molecule has 1 fully saturated rings. The van der Waals surface area contributed by atoms with Crippen LogP contribution >= 0.6 is 36.2 Å². The van der Waals surface area contributed by atoms with Crippen molar-refractivity contribution in [3.05, 3.63) is 47.0 Å². The molecule has 9 heteroatoms. The molecular weight excluding hydrogens is 383 g/mol. The topological polar surface area (TPSA) is 88.3 Å². The zero-order valence-electron chi connectivity index (χ0n) is 13.5. The maximum atomic E-state index is 12.6. The van der Waals surface area contributed by atoms with E-state index in [4.69, 9.17) is 5.73 Å². The molecule has 0 bridgehead atoms. The molecule has 1 saturated heterocycles. The summed E-state index contributed by atoms with van der Waals surface area (Å²) in [6, 6.07) is 9.91. The number of carbonyl (C=O) groups excluding carboxylic acids is 2. The SMILES string of the molecule is CC(=O)Nc1nc(C(=O)N2C[C@@H](N)[C@H](c3ccccc3)C2)cs1.Cl.Cl. The zero-order chi connectivity index (χ0) is 16.4. The van der Waals surface area contributed by atoms with Gasteiger partial charge in [0.05, 0.1) is 0 Å². The van der Waals surface area contributed by atoms with Crippen molar-refractivity contribution in [1.82, 2.24) is 9.88 Å². The Labute approximate surface area is 162 Å². The van der Waals surface area contributed by atoms with E-state index in [2.05, 4.69) is 10.3 Å². The minimum absolute atomic E-state index is 0. The Morgan fingerprint density at radius 1 is 1.24 bits per heavy atom. The van der Waals surface area contributed by atoms with Gasteiger partial charge < -0.3 is 16.0 Å². The van der Waals surface area contributed by atoms with Crippen molar-refractivity contribution in [3.8, 4) is 0 Å². The first kappa shape index (κ1) is 21.4. The number of benzene rings is 1. The molecular formula is C16H20Cl2N4O2S. The van der Waals surface area contributed by atoms with E-state index in [9.17, 15) is 9.59 Å². The molecule has 6 nitrogen and oxygen atoms in total. The van der Waals surface area contributed by atoms with Crippen LogP contribution in [0.3, 0.4) is 0 Å². The van der Waals surface area contributed by atoms with Gasteiger partial charge in [0.1, 0.15) is 5.69 Å². The molecule has 25 heavy (non-hydrogen) atoms. The molecule has 1 aliphatic rings. The lowest BCUT2D eigenvalue weighted by Gasteiger charge is -2.15. The monoisotopic (exact) mass is 402 g/mol. The summed E-state index contributed by atoms with van der Waals surface area (Å²) in [4.78, 5) is 29.5. The smallest absolute Gasteiger partial charge is 0.273 e. The van der Waals surface area contributed by atoms with Crippen LogP contribution in [0.5, 0.6) is 0 Å². The van der Waals surface area contributed by atoms with Gasteiger partial charge >= 0.3 is 0 Å². The third-order valence-electron chi connectivity index (χ3n) is 3.89. The first-order chi connectivity index (χ1) is 11.0. The molecule has 0 radical (unpaired) electrons. The second-order valence-corrected chi connectivity index (χ2v) is 6.47. The zero-order valence-corrected chi connectivity index (χ0v) is 16.0.